The Bertz CT molecular complexity index is 506. The zero-order chi connectivity index (χ0) is 17.6. The molecule has 0 fully saturated rings. The number of halogens is 1. The van der Waals surface area contributed by atoms with Crippen molar-refractivity contribution in [3.8, 4) is 0 Å². The number of carbonyl (C=O) groups excluding carboxylic acids is 1. The first kappa shape index (κ1) is 24.2. The molecule has 0 unspecified atom stereocenters. The number of thiophene rings is 1. The summed E-state index contributed by atoms with van der Waals surface area (Å²) in [6.45, 7) is 8.97. The lowest BCUT2D eigenvalue weighted by atomic mass is 10.1. The molecule has 0 spiro atoms. The molecule has 1 aromatic heterocycles. The second kappa shape index (κ2) is 15.4. The molecule has 0 saturated carbocycles. The number of unbranched alkanes of at least 4 members (excludes halogenated alkanes) is 3. The summed E-state index contributed by atoms with van der Waals surface area (Å²) in [5.74, 6) is 0.788. The first-order valence-corrected chi connectivity index (χ1v) is 9.70. The number of hydrogen-bond donors (Lipinski definition) is 2. The molecule has 0 atom stereocenters. The van der Waals surface area contributed by atoms with Crippen LogP contribution in [0.3, 0.4) is 0 Å². The first-order valence-electron chi connectivity index (χ1n) is 8.88. The van der Waals surface area contributed by atoms with E-state index >= 15 is 0 Å². The van der Waals surface area contributed by atoms with E-state index in [2.05, 4.69) is 41.6 Å². The molecule has 0 aliphatic carbocycles. The van der Waals surface area contributed by atoms with Crippen LogP contribution < -0.4 is 10.6 Å². The smallest absolute Gasteiger partial charge is 0.305 e. The van der Waals surface area contributed by atoms with Crippen molar-refractivity contribution in [3.05, 3.63) is 21.9 Å². The first-order chi connectivity index (χ1) is 11.7. The van der Waals surface area contributed by atoms with Gasteiger partial charge in [-0.2, -0.15) is 0 Å². The summed E-state index contributed by atoms with van der Waals surface area (Å²) in [7, 11) is 0. The Morgan fingerprint density at radius 1 is 1.16 bits per heavy atom. The number of esters is 1. The van der Waals surface area contributed by atoms with Crippen molar-refractivity contribution in [2.45, 2.75) is 59.4 Å². The highest BCUT2D eigenvalue weighted by Crippen LogP contribution is 2.15. The fourth-order valence-corrected chi connectivity index (χ4v) is 3.07. The minimum Gasteiger partial charge on any atom is -0.466 e. The fraction of sp³-hybridized carbons (Fsp3) is 0.667. The summed E-state index contributed by atoms with van der Waals surface area (Å²) in [5, 5.41) is 6.64. The van der Waals surface area contributed by atoms with Gasteiger partial charge in [-0.3, -0.25) is 4.79 Å². The Balaban J connectivity index is 0.00000576. The van der Waals surface area contributed by atoms with Crippen LogP contribution in [0.5, 0.6) is 0 Å². The van der Waals surface area contributed by atoms with Crippen molar-refractivity contribution in [2.75, 3.05) is 19.7 Å². The predicted octanol–water partition coefficient (Wildman–Crippen LogP) is 4.24. The van der Waals surface area contributed by atoms with Gasteiger partial charge in [-0.05, 0) is 45.7 Å². The average Bonchev–Trinajstić information content (AvgIpc) is 2.97. The number of ether oxygens (including phenoxy) is 1. The molecule has 0 aliphatic heterocycles. The van der Waals surface area contributed by atoms with Crippen LogP contribution in [-0.4, -0.2) is 31.6 Å². The highest BCUT2D eigenvalue weighted by atomic mass is 127. The third-order valence-electron chi connectivity index (χ3n) is 3.44. The molecule has 0 amide bonds. The van der Waals surface area contributed by atoms with Crippen molar-refractivity contribution in [1.82, 2.24) is 10.6 Å². The van der Waals surface area contributed by atoms with Crippen LogP contribution in [0.15, 0.2) is 17.1 Å². The molecule has 0 radical (unpaired) electrons. The lowest BCUT2D eigenvalue weighted by Gasteiger charge is -2.11. The molecule has 1 aromatic rings. The third kappa shape index (κ3) is 12.2. The Labute approximate surface area is 173 Å². The third-order valence-corrected chi connectivity index (χ3v) is 4.42. The van der Waals surface area contributed by atoms with Crippen LogP contribution in [0.2, 0.25) is 0 Å². The lowest BCUT2D eigenvalue weighted by molar-refractivity contribution is -0.143. The van der Waals surface area contributed by atoms with Gasteiger partial charge in [0.15, 0.2) is 5.96 Å². The van der Waals surface area contributed by atoms with Crippen LogP contribution in [0, 0.1) is 6.92 Å². The highest BCUT2D eigenvalue weighted by Gasteiger charge is 2.01. The van der Waals surface area contributed by atoms with E-state index in [9.17, 15) is 4.79 Å². The zero-order valence-electron chi connectivity index (χ0n) is 15.6. The summed E-state index contributed by atoms with van der Waals surface area (Å²) >= 11 is 1.79. The van der Waals surface area contributed by atoms with E-state index < -0.39 is 0 Å². The van der Waals surface area contributed by atoms with E-state index in [0.29, 0.717) is 19.6 Å². The summed E-state index contributed by atoms with van der Waals surface area (Å²) in [6, 6.07) is 4.27. The number of nitrogens with one attached hydrogen (secondary N) is 2. The molecule has 0 saturated heterocycles. The minimum absolute atomic E-state index is 0. The molecule has 0 bridgehead atoms. The number of guanidine groups is 1. The molecule has 5 nitrogen and oxygen atoms in total. The van der Waals surface area contributed by atoms with Gasteiger partial charge in [-0.25, -0.2) is 4.99 Å². The number of aliphatic imine (C=N–C) groups is 1. The summed E-state index contributed by atoms with van der Waals surface area (Å²) in [5.41, 5.74) is 0. The number of nitrogens with zero attached hydrogens (tertiary/aromatic N) is 1. The molecule has 1 heterocycles. The molecule has 7 heteroatoms. The van der Waals surface area contributed by atoms with Crippen LogP contribution in [0.25, 0.3) is 0 Å². The molecule has 0 aromatic carbocycles. The maximum atomic E-state index is 11.2. The normalized spacial score (nSPS) is 10.9. The summed E-state index contributed by atoms with van der Waals surface area (Å²) in [6.07, 6.45) is 4.68. The Kier molecular flexibility index (Phi) is 14.9. The number of aryl methyl sites for hydroxylation is 1. The van der Waals surface area contributed by atoms with E-state index in [1.807, 2.05) is 6.92 Å². The van der Waals surface area contributed by atoms with E-state index in [4.69, 9.17) is 4.74 Å². The highest BCUT2D eigenvalue weighted by molar-refractivity contribution is 14.0. The van der Waals surface area contributed by atoms with Crippen LogP contribution in [0.4, 0.5) is 0 Å². The van der Waals surface area contributed by atoms with Crippen LogP contribution in [-0.2, 0) is 16.1 Å². The summed E-state index contributed by atoms with van der Waals surface area (Å²) < 4.78 is 4.92. The Morgan fingerprint density at radius 3 is 2.56 bits per heavy atom. The fourth-order valence-electron chi connectivity index (χ4n) is 2.26. The van der Waals surface area contributed by atoms with Crippen molar-refractivity contribution in [1.29, 1.82) is 0 Å². The van der Waals surface area contributed by atoms with Gasteiger partial charge in [0, 0.05) is 29.3 Å². The SMILES string of the molecule is CCNC(=NCc1ccc(C)s1)NCCCCCCC(=O)OCC.I. The minimum atomic E-state index is -0.0824. The topological polar surface area (TPSA) is 62.7 Å². The number of rotatable bonds is 11. The quantitative estimate of drug-likeness (QED) is 0.163. The van der Waals surface area contributed by atoms with Gasteiger partial charge < -0.3 is 15.4 Å². The van der Waals surface area contributed by atoms with Gasteiger partial charge in [0.25, 0.3) is 0 Å². The van der Waals surface area contributed by atoms with Gasteiger partial charge in [-0.15, -0.1) is 35.3 Å². The van der Waals surface area contributed by atoms with Crippen molar-refractivity contribution in [2.24, 2.45) is 4.99 Å². The average molecular weight is 481 g/mol. The zero-order valence-corrected chi connectivity index (χ0v) is 18.7. The Hall–Kier alpha value is -0.830. The van der Waals surface area contributed by atoms with Gasteiger partial charge in [0.2, 0.25) is 0 Å². The second-order valence-electron chi connectivity index (χ2n) is 5.60. The molecule has 144 valence electrons. The van der Waals surface area contributed by atoms with E-state index in [1.54, 1.807) is 11.3 Å². The largest absolute Gasteiger partial charge is 0.466 e. The Morgan fingerprint density at radius 2 is 1.92 bits per heavy atom. The van der Waals surface area contributed by atoms with Gasteiger partial charge in [0.05, 0.1) is 13.2 Å². The van der Waals surface area contributed by atoms with Crippen LogP contribution >= 0.6 is 35.3 Å². The summed E-state index contributed by atoms with van der Waals surface area (Å²) in [4.78, 5) is 18.4. The van der Waals surface area contributed by atoms with E-state index in [1.165, 1.54) is 9.75 Å². The van der Waals surface area contributed by atoms with Gasteiger partial charge in [-0.1, -0.05) is 12.8 Å². The maximum absolute atomic E-state index is 11.2. The van der Waals surface area contributed by atoms with Crippen LogP contribution in [0.1, 0.15) is 55.7 Å². The molecule has 1 rings (SSSR count). The monoisotopic (exact) mass is 481 g/mol. The molecule has 0 aliphatic rings. The van der Waals surface area contributed by atoms with E-state index in [0.717, 1.165) is 44.7 Å². The number of carbonyl (C=O) groups is 1. The van der Waals surface area contributed by atoms with Gasteiger partial charge >= 0.3 is 5.97 Å². The number of hydrogen-bond acceptors (Lipinski definition) is 4. The second-order valence-corrected chi connectivity index (χ2v) is 6.98. The molecule has 2 N–H and O–H groups in total. The molecule has 25 heavy (non-hydrogen) atoms. The van der Waals surface area contributed by atoms with Crippen molar-refractivity contribution < 1.29 is 9.53 Å². The van der Waals surface area contributed by atoms with E-state index in [-0.39, 0.29) is 29.9 Å². The molecular formula is C18H32IN3O2S. The standard InChI is InChI=1S/C18H31N3O2S.HI/c1-4-19-18(21-14-16-12-11-15(3)24-16)20-13-9-7-6-8-10-17(22)23-5-2;/h11-12H,4-10,13-14H2,1-3H3,(H2,19,20,21);1H. The van der Waals surface area contributed by atoms with Crippen molar-refractivity contribution >= 4 is 47.2 Å². The van der Waals surface area contributed by atoms with Gasteiger partial charge in [0.1, 0.15) is 0 Å². The predicted molar refractivity (Wildman–Crippen MR) is 117 cm³/mol. The maximum Gasteiger partial charge on any atom is 0.305 e. The van der Waals surface area contributed by atoms with Crippen molar-refractivity contribution in [3.63, 3.8) is 0 Å². The molecular weight excluding hydrogens is 449 g/mol. The lowest BCUT2D eigenvalue weighted by Crippen LogP contribution is -2.37.